The number of nitrogens with one attached hydrogen (secondary N) is 1. The number of carboxylic acids is 3. The Kier molecular flexibility index (Phi) is 11.6. The number of ketones is 1. The van der Waals surface area contributed by atoms with E-state index in [1.54, 1.807) is 20.0 Å². The predicted octanol–water partition coefficient (Wildman–Crippen LogP) is -1.32. The number of Topliss-reactive ketones (excluding diaryl/α,β-unsaturated/α-hetero) is 1. The summed E-state index contributed by atoms with van der Waals surface area (Å²) in [5.74, 6) is -13.1. The molecule has 2 aliphatic carbocycles. The summed E-state index contributed by atoms with van der Waals surface area (Å²) in [7, 11) is 1.68. The number of hydrogen-bond donors (Lipinski definition) is 8. The topological polar surface area (TPSA) is 310 Å². The van der Waals surface area contributed by atoms with E-state index in [1.807, 2.05) is 0 Å². The van der Waals surface area contributed by atoms with E-state index in [2.05, 4.69) is 10.1 Å². The monoisotopic (exact) mass is 737 g/mol. The summed E-state index contributed by atoms with van der Waals surface area (Å²) in [6.45, 7) is 2.70. The first-order chi connectivity index (χ1) is 24.3. The molecule has 1 aromatic carbocycles. The maximum absolute atomic E-state index is 13.5. The lowest BCUT2D eigenvalue weighted by atomic mass is 9.52. The lowest BCUT2D eigenvalue weighted by Gasteiger charge is -2.56. The standard InChI is InChI=1S/C33H39NO18/c1-4-32-23-14-5-6-16(35)26(23)52-27(32)18(7-8-33(32,48)20(10-14)34-3)50-22(39)11-15(9-17(36)24(40)25(41)29(44)45)31(47)49-13(2)30(46)51-19(28(42)43)12-21(37)38/h5-7,13,15,19-20,24-25,27,34-35,40-41,48H,4,8-12H2,1-3H3,(H,37,38)(H,42,43)(H,44,45)/t13-,15-,19-,20+,24-,25+,27-,32-,33+/m0/s1. The number of carbonyl (C=O) groups is 7. The maximum atomic E-state index is 13.5. The van der Waals surface area contributed by atoms with Crippen LogP contribution in [0.2, 0.25) is 0 Å². The third-order valence-electron chi connectivity index (χ3n) is 9.73. The Bertz CT molecular complexity index is 1690. The summed E-state index contributed by atoms with van der Waals surface area (Å²) in [6.07, 6.45) is -11.7. The number of aliphatic hydroxyl groups is 3. The van der Waals surface area contributed by atoms with Crippen molar-refractivity contribution in [2.24, 2.45) is 5.92 Å². The molecule has 0 bridgehead atoms. The van der Waals surface area contributed by atoms with Crippen molar-refractivity contribution in [3.63, 3.8) is 0 Å². The van der Waals surface area contributed by atoms with E-state index in [9.17, 15) is 54.0 Å². The van der Waals surface area contributed by atoms with Gasteiger partial charge in [-0.3, -0.25) is 19.2 Å². The zero-order valence-electron chi connectivity index (χ0n) is 28.1. The van der Waals surface area contributed by atoms with Gasteiger partial charge in [0.15, 0.2) is 35.6 Å². The van der Waals surface area contributed by atoms with Gasteiger partial charge in [-0.05, 0) is 44.5 Å². The smallest absolute Gasteiger partial charge is 0.348 e. The molecular formula is C33H39NO18. The van der Waals surface area contributed by atoms with Gasteiger partial charge in [0.25, 0.3) is 0 Å². The van der Waals surface area contributed by atoms with Crippen molar-refractivity contribution in [3.05, 3.63) is 35.1 Å². The summed E-state index contributed by atoms with van der Waals surface area (Å²) in [5.41, 5.74) is -1.40. The minimum atomic E-state index is -2.61. The van der Waals surface area contributed by atoms with Crippen molar-refractivity contribution in [2.45, 2.75) is 100.0 Å². The molecule has 9 atom stereocenters. The van der Waals surface area contributed by atoms with Crippen LogP contribution in [0.5, 0.6) is 11.5 Å². The first-order valence-corrected chi connectivity index (χ1v) is 16.1. The van der Waals surface area contributed by atoms with Crippen LogP contribution in [-0.2, 0) is 59.6 Å². The van der Waals surface area contributed by atoms with Gasteiger partial charge in [-0.2, -0.15) is 0 Å². The summed E-state index contributed by atoms with van der Waals surface area (Å²) < 4.78 is 21.4. The number of aliphatic carboxylic acids is 3. The molecule has 0 radical (unpaired) electrons. The Morgan fingerprint density at radius 3 is 2.21 bits per heavy atom. The van der Waals surface area contributed by atoms with Crippen LogP contribution >= 0.6 is 0 Å². The number of rotatable bonds is 17. The molecule has 8 N–H and O–H groups in total. The normalized spacial score (nSPS) is 25.5. The van der Waals surface area contributed by atoms with Crippen LogP contribution in [0.3, 0.4) is 0 Å². The number of aliphatic hydroxyl groups excluding tert-OH is 2. The second kappa shape index (κ2) is 15.2. The predicted molar refractivity (Wildman–Crippen MR) is 167 cm³/mol. The van der Waals surface area contributed by atoms with Gasteiger partial charge >= 0.3 is 35.8 Å². The van der Waals surface area contributed by atoms with Crippen LogP contribution in [0, 0.1) is 5.92 Å². The van der Waals surface area contributed by atoms with Crippen molar-refractivity contribution >= 4 is 41.6 Å². The van der Waals surface area contributed by atoms with Crippen LogP contribution in [0.25, 0.3) is 0 Å². The number of hydrogen-bond acceptors (Lipinski definition) is 16. The van der Waals surface area contributed by atoms with E-state index in [0.717, 1.165) is 12.5 Å². The Morgan fingerprint density at radius 1 is 0.962 bits per heavy atom. The van der Waals surface area contributed by atoms with Gasteiger partial charge < -0.3 is 60.0 Å². The number of phenolic OH excluding ortho intramolecular Hbond substituents is 1. The van der Waals surface area contributed by atoms with Crippen LogP contribution < -0.4 is 10.1 Å². The highest BCUT2D eigenvalue weighted by atomic mass is 16.6. The van der Waals surface area contributed by atoms with Crippen molar-refractivity contribution in [1.82, 2.24) is 5.32 Å². The van der Waals surface area contributed by atoms with Gasteiger partial charge in [-0.15, -0.1) is 0 Å². The highest BCUT2D eigenvalue weighted by Gasteiger charge is 2.69. The number of likely N-dealkylation sites (N-methyl/N-ethyl adjacent to an activating group) is 1. The van der Waals surface area contributed by atoms with E-state index in [1.165, 1.54) is 12.1 Å². The minimum absolute atomic E-state index is 0.0502. The third-order valence-corrected chi connectivity index (χ3v) is 9.73. The fourth-order valence-corrected chi connectivity index (χ4v) is 7.16. The Labute approximate surface area is 294 Å². The van der Waals surface area contributed by atoms with E-state index < -0.39 is 114 Å². The first-order valence-electron chi connectivity index (χ1n) is 16.1. The van der Waals surface area contributed by atoms with E-state index in [0.29, 0.717) is 12.0 Å². The molecule has 0 saturated carbocycles. The Hall–Kier alpha value is -5.11. The molecule has 52 heavy (non-hydrogen) atoms. The van der Waals surface area contributed by atoms with Gasteiger partial charge in [0.2, 0.25) is 6.10 Å². The molecule has 0 spiro atoms. The summed E-state index contributed by atoms with van der Waals surface area (Å²) in [6, 6.07) is 2.66. The zero-order valence-corrected chi connectivity index (χ0v) is 28.1. The van der Waals surface area contributed by atoms with Crippen molar-refractivity contribution in [3.8, 4) is 11.5 Å². The Balaban J connectivity index is 1.59. The molecule has 1 aromatic rings. The van der Waals surface area contributed by atoms with Gasteiger partial charge in [0.1, 0.15) is 11.9 Å². The van der Waals surface area contributed by atoms with Gasteiger partial charge in [-0.1, -0.05) is 13.0 Å². The molecule has 19 heteroatoms. The van der Waals surface area contributed by atoms with E-state index >= 15 is 0 Å². The lowest BCUT2D eigenvalue weighted by molar-refractivity contribution is -0.179. The molecule has 1 aliphatic heterocycles. The minimum Gasteiger partial charge on any atom is -0.504 e. The molecule has 3 aliphatic rings. The fraction of sp³-hybridized carbons (Fsp3) is 0.545. The maximum Gasteiger partial charge on any atom is 0.348 e. The molecule has 19 nitrogen and oxygen atoms in total. The highest BCUT2D eigenvalue weighted by Crippen LogP contribution is 2.63. The number of aromatic hydroxyl groups is 1. The first kappa shape index (κ1) is 39.7. The van der Waals surface area contributed by atoms with Gasteiger partial charge in [0.05, 0.1) is 29.8 Å². The van der Waals surface area contributed by atoms with Gasteiger partial charge in [-0.25, -0.2) is 14.4 Å². The number of carbonyl (C=O) groups excluding carboxylic acids is 4. The SMILES string of the molecule is CC[C@]12c3c4ccc(O)c3O[C@H]1C(OC(=O)C[C@H](CC(=O)[C@H](O)[C@@H](O)C(=O)O)C(=O)O[C@@H](C)C(=O)O[C@@H](CC(=O)O)C(=O)O)=CC[C@@]2(O)[C@H](NC)C4. The molecule has 284 valence electrons. The number of carboxylic acid groups (broad SMARTS) is 3. The Morgan fingerprint density at radius 2 is 1.63 bits per heavy atom. The summed E-state index contributed by atoms with van der Waals surface area (Å²) in [5, 5.41) is 72.8. The number of phenols is 1. The summed E-state index contributed by atoms with van der Waals surface area (Å²) >= 11 is 0. The van der Waals surface area contributed by atoms with E-state index in [4.69, 9.17) is 29.5 Å². The van der Waals surface area contributed by atoms with Crippen LogP contribution in [0.15, 0.2) is 24.0 Å². The molecule has 0 fully saturated rings. The highest BCUT2D eigenvalue weighted by molar-refractivity contribution is 5.93. The molecule has 0 unspecified atom stereocenters. The summed E-state index contributed by atoms with van der Waals surface area (Å²) in [4.78, 5) is 85.3. The lowest BCUT2D eigenvalue weighted by Crippen LogP contribution is -2.70. The van der Waals surface area contributed by atoms with Crippen molar-refractivity contribution in [2.75, 3.05) is 7.05 Å². The number of benzene rings is 1. The third kappa shape index (κ3) is 7.16. The van der Waals surface area contributed by atoms with Gasteiger partial charge in [0, 0.05) is 24.4 Å². The molecule has 0 aromatic heterocycles. The molecule has 4 rings (SSSR count). The average molecular weight is 738 g/mol. The van der Waals surface area contributed by atoms with Crippen LogP contribution in [-0.4, -0.2) is 127 Å². The number of ether oxygens (including phenoxy) is 4. The largest absolute Gasteiger partial charge is 0.504 e. The molecule has 0 amide bonds. The second-order valence-electron chi connectivity index (χ2n) is 12.8. The number of esters is 3. The molecule has 0 saturated heterocycles. The van der Waals surface area contributed by atoms with Crippen LogP contribution in [0.1, 0.15) is 57.1 Å². The second-order valence-corrected chi connectivity index (χ2v) is 12.8. The molecule has 1 heterocycles. The van der Waals surface area contributed by atoms with Crippen molar-refractivity contribution < 1.29 is 88.3 Å². The fourth-order valence-electron chi connectivity index (χ4n) is 7.16. The molecular weight excluding hydrogens is 698 g/mol. The quantitative estimate of drug-likeness (QED) is 0.0679. The van der Waals surface area contributed by atoms with E-state index in [-0.39, 0.29) is 30.1 Å². The zero-order chi connectivity index (χ0) is 38.9. The average Bonchev–Trinajstić information content (AvgIpc) is 3.46. The van der Waals surface area contributed by atoms with Crippen molar-refractivity contribution in [1.29, 1.82) is 0 Å². The van der Waals surface area contributed by atoms with Crippen LogP contribution in [0.4, 0.5) is 0 Å².